The minimum absolute atomic E-state index is 0.0711. The molecule has 1 aliphatic heterocycles. The summed E-state index contributed by atoms with van der Waals surface area (Å²) in [6, 6.07) is 0. The number of morpholine rings is 1. The smallest absolute Gasteiger partial charge is 0.326 e. The van der Waals surface area contributed by atoms with E-state index in [9.17, 15) is 9.59 Å². The summed E-state index contributed by atoms with van der Waals surface area (Å²) < 4.78 is 11.0. The van der Waals surface area contributed by atoms with Crippen molar-refractivity contribution in [3.8, 4) is 0 Å². The lowest BCUT2D eigenvalue weighted by molar-refractivity contribution is -0.236. The van der Waals surface area contributed by atoms with E-state index in [-0.39, 0.29) is 24.5 Å². The van der Waals surface area contributed by atoms with Crippen LogP contribution in [0.2, 0.25) is 0 Å². The number of hydrogen-bond acceptors (Lipinski definition) is 5. The average Bonchev–Trinajstić information content (AvgIpc) is 2.43. The number of nitrogens with zero attached hydrogens (tertiary/aromatic N) is 1. The van der Waals surface area contributed by atoms with Crippen molar-refractivity contribution >= 4 is 11.9 Å². The predicted octanol–water partition coefficient (Wildman–Crippen LogP) is 2.73. The van der Waals surface area contributed by atoms with Gasteiger partial charge in [0, 0.05) is 0 Å². The number of hydrogen-bond donors (Lipinski definition) is 0. The van der Waals surface area contributed by atoms with E-state index in [1.807, 2.05) is 6.92 Å². The first kappa shape index (κ1) is 18.0. The van der Waals surface area contributed by atoms with Gasteiger partial charge in [0.1, 0.15) is 12.1 Å². The molecule has 1 heterocycles. The van der Waals surface area contributed by atoms with Crippen molar-refractivity contribution in [2.75, 3.05) is 13.7 Å². The fraction of sp³-hybridized carbons (Fsp3) is 0.875. The number of carbonyl (C=O) groups is 2. The second-order valence-electron chi connectivity index (χ2n) is 6.54. The molecule has 0 saturated carbocycles. The average molecular weight is 299 g/mol. The molecule has 122 valence electrons. The lowest BCUT2D eigenvalue weighted by atomic mass is 9.96. The molecule has 21 heavy (non-hydrogen) atoms. The molecule has 1 fully saturated rings. The van der Waals surface area contributed by atoms with E-state index in [4.69, 9.17) is 9.47 Å². The number of rotatable bonds is 6. The van der Waals surface area contributed by atoms with Crippen LogP contribution < -0.4 is 0 Å². The van der Waals surface area contributed by atoms with Gasteiger partial charge < -0.3 is 9.47 Å². The van der Waals surface area contributed by atoms with Crippen LogP contribution in [0.4, 0.5) is 0 Å². The summed E-state index contributed by atoms with van der Waals surface area (Å²) in [5.74, 6) is -0.582. The molecule has 0 amide bonds. The molecule has 0 bridgehead atoms. The molecule has 2 unspecified atom stereocenters. The van der Waals surface area contributed by atoms with Crippen LogP contribution in [0, 0.1) is 5.92 Å². The molecule has 1 saturated heterocycles. The van der Waals surface area contributed by atoms with Crippen LogP contribution in [-0.2, 0) is 19.1 Å². The van der Waals surface area contributed by atoms with Gasteiger partial charge in [-0.2, -0.15) is 0 Å². The van der Waals surface area contributed by atoms with Crippen molar-refractivity contribution in [3.05, 3.63) is 0 Å². The minimum atomic E-state index is -0.909. The fourth-order valence-corrected chi connectivity index (χ4v) is 2.54. The molecule has 1 aliphatic rings. The zero-order valence-corrected chi connectivity index (χ0v) is 14.2. The van der Waals surface area contributed by atoms with Gasteiger partial charge in [0.2, 0.25) is 0 Å². The van der Waals surface area contributed by atoms with E-state index >= 15 is 0 Å². The summed E-state index contributed by atoms with van der Waals surface area (Å²) in [5.41, 5.74) is -1.72. The fourth-order valence-electron chi connectivity index (χ4n) is 2.54. The molecule has 5 nitrogen and oxygen atoms in total. The Balaban J connectivity index is 2.80. The SMILES string of the molecule is CCCCC(CC)C(=O)OC1(C)COC(=O)C(C)(C)N1C. The Hall–Kier alpha value is -1.10. The van der Waals surface area contributed by atoms with Gasteiger partial charge in [-0.15, -0.1) is 0 Å². The third kappa shape index (κ3) is 3.76. The molecule has 0 N–H and O–H groups in total. The lowest BCUT2D eigenvalue weighted by Gasteiger charge is -2.49. The normalized spacial score (nSPS) is 27.0. The van der Waals surface area contributed by atoms with Crippen molar-refractivity contribution in [3.63, 3.8) is 0 Å². The van der Waals surface area contributed by atoms with E-state index in [0.29, 0.717) is 0 Å². The number of carbonyl (C=O) groups excluding carboxylic acids is 2. The van der Waals surface area contributed by atoms with Crippen molar-refractivity contribution in [2.24, 2.45) is 5.92 Å². The van der Waals surface area contributed by atoms with Gasteiger partial charge >= 0.3 is 11.9 Å². The molecule has 0 spiro atoms. The number of esters is 2. The minimum Gasteiger partial charge on any atom is -0.459 e. The van der Waals surface area contributed by atoms with Crippen LogP contribution in [0.15, 0.2) is 0 Å². The summed E-state index contributed by atoms with van der Waals surface area (Å²) in [6.07, 6.45) is 3.68. The zero-order chi connectivity index (χ0) is 16.3. The highest BCUT2D eigenvalue weighted by molar-refractivity contribution is 5.81. The molecule has 0 aromatic carbocycles. The maximum atomic E-state index is 12.4. The summed E-state index contributed by atoms with van der Waals surface area (Å²) in [7, 11) is 1.79. The van der Waals surface area contributed by atoms with E-state index in [2.05, 4.69) is 6.92 Å². The standard InChI is InChI=1S/C16H29NO4/c1-7-9-10-12(8-2)13(18)21-16(5)11-20-14(19)15(3,4)17(16)6/h12H,7-11H2,1-6H3. The number of likely N-dealkylation sites (N-methyl/N-ethyl adjacent to an activating group) is 1. The van der Waals surface area contributed by atoms with E-state index in [1.165, 1.54) is 0 Å². The topological polar surface area (TPSA) is 55.8 Å². The number of cyclic esters (lactones) is 1. The van der Waals surface area contributed by atoms with E-state index in [0.717, 1.165) is 25.7 Å². The maximum Gasteiger partial charge on any atom is 0.326 e. The first-order chi connectivity index (χ1) is 9.69. The summed E-state index contributed by atoms with van der Waals surface area (Å²) in [5, 5.41) is 0. The first-order valence-electron chi connectivity index (χ1n) is 7.83. The highest BCUT2D eigenvalue weighted by Crippen LogP contribution is 2.32. The van der Waals surface area contributed by atoms with Crippen LogP contribution >= 0.6 is 0 Å². The van der Waals surface area contributed by atoms with Gasteiger partial charge in [-0.05, 0) is 40.7 Å². The van der Waals surface area contributed by atoms with Crippen molar-refractivity contribution in [2.45, 2.75) is 71.6 Å². The highest BCUT2D eigenvalue weighted by atomic mass is 16.6. The first-order valence-corrected chi connectivity index (χ1v) is 7.83. The maximum absolute atomic E-state index is 12.4. The van der Waals surface area contributed by atoms with Gasteiger partial charge in [0.15, 0.2) is 5.72 Å². The summed E-state index contributed by atoms with van der Waals surface area (Å²) in [4.78, 5) is 26.0. The largest absolute Gasteiger partial charge is 0.459 e. The van der Waals surface area contributed by atoms with Gasteiger partial charge in [-0.3, -0.25) is 14.5 Å². The molecule has 0 aromatic rings. The monoisotopic (exact) mass is 299 g/mol. The third-order valence-corrected chi connectivity index (χ3v) is 4.57. The molecule has 5 heteroatoms. The van der Waals surface area contributed by atoms with Gasteiger partial charge in [0.25, 0.3) is 0 Å². The Bertz CT molecular complexity index is 394. The Labute approximate surface area is 128 Å². The third-order valence-electron chi connectivity index (χ3n) is 4.57. The van der Waals surface area contributed by atoms with Crippen LogP contribution in [0.25, 0.3) is 0 Å². The number of unbranched alkanes of at least 4 members (excludes halogenated alkanes) is 1. The molecular formula is C16H29NO4. The zero-order valence-electron chi connectivity index (χ0n) is 14.2. The quantitative estimate of drug-likeness (QED) is 0.706. The van der Waals surface area contributed by atoms with Gasteiger partial charge in [-0.1, -0.05) is 26.7 Å². The Kier molecular flexibility index (Phi) is 5.79. The van der Waals surface area contributed by atoms with Crippen LogP contribution in [0.5, 0.6) is 0 Å². The lowest BCUT2D eigenvalue weighted by Crippen LogP contribution is -2.67. The van der Waals surface area contributed by atoms with Crippen molar-refractivity contribution in [1.29, 1.82) is 0 Å². The van der Waals surface area contributed by atoms with E-state index in [1.54, 1.807) is 32.7 Å². The summed E-state index contributed by atoms with van der Waals surface area (Å²) >= 11 is 0. The molecule has 0 aliphatic carbocycles. The Morgan fingerprint density at radius 2 is 2.00 bits per heavy atom. The summed E-state index contributed by atoms with van der Waals surface area (Å²) in [6.45, 7) is 9.52. The van der Waals surface area contributed by atoms with Gasteiger partial charge in [0.05, 0.1) is 5.92 Å². The highest BCUT2D eigenvalue weighted by Gasteiger charge is 2.51. The van der Waals surface area contributed by atoms with E-state index < -0.39 is 11.3 Å². The number of ether oxygens (including phenoxy) is 2. The second kappa shape index (κ2) is 6.77. The Morgan fingerprint density at radius 3 is 2.52 bits per heavy atom. The van der Waals surface area contributed by atoms with Crippen LogP contribution in [-0.4, -0.2) is 41.8 Å². The van der Waals surface area contributed by atoms with Crippen LogP contribution in [0.1, 0.15) is 60.3 Å². The molecule has 2 atom stereocenters. The van der Waals surface area contributed by atoms with Gasteiger partial charge in [-0.25, -0.2) is 0 Å². The van der Waals surface area contributed by atoms with Crippen molar-refractivity contribution in [1.82, 2.24) is 4.90 Å². The predicted molar refractivity (Wildman–Crippen MR) is 80.6 cm³/mol. The Morgan fingerprint density at radius 1 is 1.38 bits per heavy atom. The molecular weight excluding hydrogens is 270 g/mol. The molecule has 1 rings (SSSR count). The van der Waals surface area contributed by atoms with Crippen molar-refractivity contribution < 1.29 is 19.1 Å². The molecule has 0 radical (unpaired) electrons. The molecule has 0 aromatic heterocycles. The van der Waals surface area contributed by atoms with Crippen LogP contribution in [0.3, 0.4) is 0 Å². The second-order valence-corrected chi connectivity index (χ2v) is 6.54.